The van der Waals surface area contributed by atoms with E-state index < -0.39 is 0 Å². The van der Waals surface area contributed by atoms with Crippen LogP contribution in [0.3, 0.4) is 0 Å². The number of nitrogens with zero attached hydrogens (tertiary/aromatic N) is 4. The highest BCUT2D eigenvalue weighted by molar-refractivity contribution is 7.09. The van der Waals surface area contributed by atoms with Gasteiger partial charge >= 0.3 is 0 Å². The molecule has 6 nitrogen and oxygen atoms in total. The van der Waals surface area contributed by atoms with Gasteiger partial charge in [-0.3, -0.25) is 4.79 Å². The molecule has 0 fully saturated rings. The van der Waals surface area contributed by atoms with Crippen LogP contribution in [0.25, 0.3) is 5.82 Å². The van der Waals surface area contributed by atoms with E-state index in [1.165, 1.54) is 16.9 Å². The van der Waals surface area contributed by atoms with Crippen molar-refractivity contribution in [3.8, 4) is 5.82 Å². The molecule has 1 aromatic carbocycles. The molecule has 0 bridgehead atoms. The smallest absolute Gasteiger partial charge is 0.271 e. The van der Waals surface area contributed by atoms with E-state index >= 15 is 0 Å². The highest BCUT2D eigenvalue weighted by atomic mass is 32.1. The second kappa shape index (κ2) is 8.36. The summed E-state index contributed by atoms with van der Waals surface area (Å²) in [5, 5.41) is 10.2. The summed E-state index contributed by atoms with van der Waals surface area (Å²) in [6.07, 6.45) is 4.23. The van der Waals surface area contributed by atoms with E-state index in [2.05, 4.69) is 32.5 Å². The lowest BCUT2D eigenvalue weighted by Gasteiger charge is -2.13. The molecule has 1 N–H and O–H groups in total. The van der Waals surface area contributed by atoms with Gasteiger partial charge in [-0.15, -0.1) is 11.3 Å². The number of benzene rings is 1. The van der Waals surface area contributed by atoms with Crippen molar-refractivity contribution >= 4 is 17.2 Å². The van der Waals surface area contributed by atoms with E-state index in [0.29, 0.717) is 5.69 Å². The molecule has 0 saturated heterocycles. The summed E-state index contributed by atoms with van der Waals surface area (Å²) in [4.78, 5) is 21.5. The maximum atomic E-state index is 12.7. The van der Waals surface area contributed by atoms with Crippen molar-refractivity contribution in [3.05, 3.63) is 93.8 Å². The second-order valence-corrected chi connectivity index (χ2v) is 7.71. The van der Waals surface area contributed by atoms with Crippen LogP contribution in [0.4, 0.5) is 0 Å². The summed E-state index contributed by atoms with van der Waals surface area (Å²) in [5.41, 5.74) is 3.52. The molecule has 0 unspecified atom stereocenters. The van der Waals surface area contributed by atoms with Crippen molar-refractivity contribution in [2.75, 3.05) is 0 Å². The topological polar surface area (TPSA) is 72.7 Å². The summed E-state index contributed by atoms with van der Waals surface area (Å²) >= 11 is 1.50. The van der Waals surface area contributed by atoms with Crippen molar-refractivity contribution in [2.45, 2.75) is 26.3 Å². The minimum absolute atomic E-state index is 0.182. The van der Waals surface area contributed by atoms with Gasteiger partial charge in [0.25, 0.3) is 5.91 Å². The summed E-state index contributed by atoms with van der Waals surface area (Å²) < 4.78 is 1.78. The lowest BCUT2D eigenvalue weighted by molar-refractivity contribution is 0.0935. The third kappa shape index (κ3) is 4.25. The predicted molar refractivity (Wildman–Crippen MR) is 113 cm³/mol. The SMILES string of the molecule is Cc1c([C@H](C)NC(=O)c2csc(Cc3ccccc3)n2)cnn1-c1ccccn1. The summed E-state index contributed by atoms with van der Waals surface area (Å²) in [6, 6.07) is 15.6. The average Bonchev–Trinajstić information content (AvgIpc) is 3.36. The molecule has 3 aromatic heterocycles. The first-order chi connectivity index (χ1) is 14.1. The predicted octanol–water partition coefficient (Wildman–Crippen LogP) is 4.11. The van der Waals surface area contributed by atoms with Crippen LogP contribution >= 0.6 is 11.3 Å². The molecular weight excluding hydrogens is 382 g/mol. The Balaban J connectivity index is 1.45. The molecule has 0 saturated carbocycles. The molecule has 0 aliphatic carbocycles. The number of hydrogen-bond acceptors (Lipinski definition) is 5. The highest BCUT2D eigenvalue weighted by Crippen LogP contribution is 2.20. The number of hydrogen-bond donors (Lipinski definition) is 1. The first-order valence-electron chi connectivity index (χ1n) is 9.37. The molecule has 4 rings (SSSR count). The zero-order valence-corrected chi connectivity index (χ0v) is 17.1. The Morgan fingerprint density at radius 2 is 1.97 bits per heavy atom. The molecule has 1 atom stereocenters. The fourth-order valence-corrected chi connectivity index (χ4v) is 3.98. The summed E-state index contributed by atoms with van der Waals surface area (Å²) in [6.45, 7) is 3.92. The Kier molecular flexibility index (Phi) is 5.48. The third-order valence-corrected chi connectivity index (χ3v) is 5.56. The highest BCUT2D eigenvalue weighted by Gasteiger charge is 2.19. The number of amides is 1. The van der Waals surface area contributed by atoms with Gasteiger partial charge in [0.15, 0.2) is 5.82 Å². The molecule has 4 aromatic rings. The van der Waals surface area contributed by atoms with Gasteiger partial charge in [-0.05, 0) is 31.5 Å². The van der Waals surface area contributed by atoms with E-state index in [1.807, 2.05) is 55.6 Å². The number of pyridine rings is 1. The molecule has 0 spiro atoms. The van der Waals surface area contributed by atoms with E-state index in [1.54, 1.807) is 17.1 Å². The summed E-state index contributed by atoms with van der Waals surface area (Å²) in [5.74, 6) is 0.567. The number of aromatic nitrogens is 4. The van der Waals surface area contributed by atoms with Gasteiger partial charge in [0.05, 0.1) is 17.2 Å². The van der Waals surface area contributed by atoms with Gasteiger partial charge in [-0.1, -0.05) is 36.4 Å². The van der Waals surface area contributed by atoms with Crippen LogP contribution in [0.2, 0.25) is 0 Å². The monoisotopic (exact) mass is 403 g/mol. The van der Waals surface area contributed by atoms with Crippen LogP contribution in [-0.4, -0.2) is 25.7 Å². The minimum Gasteiger partial charge on any atom is -0.344 e. The maximum absolute atomic E-state index is 12.7. The Morgan fingerprint density at radius 1 is 1.17 bits per heavy atom. The third-order valence-electron chi connectivity index (χ3n) is 4.71. The van der Waals surface area contributed by atoms with Crippen LogP contribution in [0, 0.1) is 6.92 Å². The molecule has 29 heavy (non-hydrogen) atoms. The van der Waals surface area contributed by atoms with Crippen LogP contribution in [0.1, 0.15) is 45.3 Å². The molecular formula is C22H21N5OS. The fraction of sp³-hybridized carbons (Fsp3) is 0.182. The molecule has 1 amide bonds. The average molecular weight is 404 g/mol. The van der Waals surface area contributed by atoms with Crippen molar-refractivity contribution < 1.29 is 4.79 Å². The maximum Gasteiger partial charge on any atom is 0.271 e. The number of rotatable bonds is 6. The minimum atomic E-state index is -0.195. The van der Waals surface area contributed by atoms with Crippen LogP contribution in [0.15, 0.2) is 66.3 Å². The standard InChI is InChI=1S/C22H21N5OS/c1-15(18-13-24-27(16(18)2)20-10-6-7-11-23-20)25-22(28)19-14-29-21(26-19)12-17-8-4-3-5-9-17/h3-11,13-15H,12H2,1-2H3,(H,25,28)/t15-/m0/s1. The van der Waals surface area contributed by atoms with Crippen molar-refractivity contribution in [2.24, 2.45) is 0 Å². The van der Waals surface area contributed by atoms with Crippen molar-refractivity contribution in [1.29, 1.82) is 0 Å². The van der Waals surface area contributed by atoms with Gasteiger partial charge in [-0.2, -0.15) is 5.10 Å². The van der Waals surface area contributed by atoms with Gasteiger partial charge in [0, 0.05) is 29.3 Å². The van der Waals surface area contributed by atoms with Gasteiger partial charge < -0.3 is 5.32 Å². The van der Waals surface area contributed by atoms with Crippen LogP contribution in [0.5, 0.6) is 0 Å². The molecule has 3 heterocycles. The van der Waals surface area contributed by atoms with Crippen LogP contribution < -0.4 is 5.32 Å². The quantitative estimate of drug-likeness (QED) is 0.526. The summed E-state index contributed by atoms with van der Waals surface area (Å²) in [7, 11) is 0. The Morgan fingerprint density at radius 3 is 2.72 bits per heavy atom. The van der Waals surface area contributed by atoms with Gasteiger partial charge in [0.1, 0.15) is 5.69 Å². The number of thiazole rings is 1. The van der Waals surface area contributed by atoms with E-state index in [-0.39, 0.29) is 11.9 Å². The molecule has 7 heteroatoms. The molecule has 0 aliphatic rings. The molecule has 0 radical (unpaired) electrons. The van der Waals surface area contributed by atoms with Crippen molar-refractivity contribution in [1.82, 2.24) is 25.1 Å². The Hall–Kier alpha value is -3.32. The zero-order valence-electron chi connectivity index (χ0n) is 16.2. The normalized spacial score (nSPS) is 11.9. The zero-order chi connectivity index (χ0) is 20.2. The largest absolute Gasteiger partial charge is 0.344 e. The van der Waals surface area contributed by atoms with Gasteiger partial charge in [0.2, 0.25) is 0 Å². The van der Waals surface area contributed by atoms with E-state index in [9.17, 15) is 4.79 Å². The second-order valence-electron chi connectivity index (χ2n) is 6.77. The molecule has 146 valence electrons. The molecule has 0 aliphatic heterocycles. The van der Waals surface area contributed by atoms with E-state index in [4.69, 9.17) is 0 Å². The van der Waals surface area contributed by atoms with Gasteiger partial charge in [-0.25, -0.2) is 14.6 Å². The lowest BCUT2D eigenvalue weighted by Crippen LogP contribution is -2.27. The number of carbonyl (C=O) groups is 1. The number of carbonyl (C=O) groups excluding carboxylic acids is 1. The Labute approximate surface area is 173 Å². The Bertz CT molecular complexity index is 1100. The van der Waals surface area contributed by atoms with E-state index in [0.717, 1.165) is 28.5 Å². The van der Waals surface area contributed by atoms with Crippen molar-refractivity contribution in [3.63, 3.8) is 0 Å². The first-order valence-corrected chi connectivity index (χ1v) is 10.2. The first kappa shape index (κ1) is 19.0. The number of nitrogens with one attached hydrogen (secondary N) is 1. The van der Waals surface area contributed by atoms with Crippen LogP contribution in [-0.2, 0) is 6.42 Å². The fourth-order valence-electron chi connectivity index (χ4n) is 3.17. The lowest BCUT2D eigenvalue weighted by atomic mass is 10.1.